The predicted octanol–water partition coefficient (Wildman–Crippen LogP) is -3.92. The minimum absolute atomic E-state index is 0. The summed E-state index contributed by atoms with van der Waals surface area (Å²) in [7, 11) is -9.96. The number of aryl methyl sites for hydroxylation is 2. The number of aromatic nitrogens is 4. The molecule has 30 heteroatoms. The number of nitro groups is 2. The molecule has 0 spiro atoms. The zero-order valence-corrected chi connectivity index (χ0v) is 41.6. The van der Waals surface area contributed by atoms with Crippen LogP contribution in [-0.2, 0) is 37.6 Å². The molecule has 4 N–H and O–H groups in total. The molecule has 4 aromatic carbocycles. The standard InChI is InChI=1S/2C16H12N5O7S.Cr.3Na/c2*1-9-14(16(23)20(19-9)10-5-3-2-4-6-10)18-17-12-7-11(21(24)25)8-13(15(12)22)29(26,27)28;;;;/h2*2-8,22H,1H3,(H,26,27,28);;;;/q2*-1;;3*+1. The van der Waals surface area contributed by atoms with Crippen molar-refractivity contribution in [3.8, 4) is 22.9 Å². The van der Waals surface area contributed by atoms with E-state index in [1.807, 2.05) is 0 Å². The molecule has 0 unspecified atom stereocenters. The van der Waals surface area contributed by atoms with E-state index in [9.17, 15) is 56.9 Å². The van der Waals surface area contributed by atoms with E-state index in [0.717, 1.165) is 21.5 Å². The molecule has 0 atom stereocenters. The van der Waals surface area contributed by atoms with Crippen LogP contribution in [-0.4, -0.2) is 65.6 Å². The molecule has 0 bridgehead atoms. The van der Waals surface area contributed by atoms with Crippen molar-refractivity contribution in [2.24, 2.45) is 20.5 Å². The minimum Gasteiger partial charge on any atom is -0.504 e. The molecule has 6 rings (SSSR count). The van der Waals surface area contributed by atoms with Crippen molar-refractivity contribution in [1.82, 2.24) is 19.6 Å². The van der Waals surface area contributed by atoms with Gasteiger partial charge in [-0.1, -0.05) is 61.6 Å². The summed E-state index contributed by atoms with van der Waals surface area (Å²) in [5, 5.41) is 64.6. The number of rotatable bonds is 10. The molecule has 2 aromatic heterocycles. The Kier molecular flexibility index (Phi) is 20.7. The van der Waals surface area contributed by atoms with Crippen LogP contribution >= 0.6 is 0 Å². The van der Waals surface area contributed by atoms with Crippen molar-refractivity contribution >= 4 is 54.4 Å². The first-order valence-corrected chi connectivity index (χ1v) is 18.5. The van der Waals surface area contributed by atoms with E-state index in [4.69, 9.17) is 9.11 Å². The molecule has 0 radical (unpaired) electrons. The van der Waals surface area contributed by atoms with Crippen molar-refractivity contribution < 1.29 is 152 Å². The zero-order chi connectivity index (χ0) is 42.7. The molecular weight excluding hydrogens is 934 g/mol. The number of para-hydroxylation sites is 2. The number of hydrogen-bond donors (Lipinski definition) is 4. The monoisotopic (exact) mass is 957 g/mol. The van der Waals surface area contributed by atoms with Gasteiger partial charge >= 0.3 is 88.7 Å². The average molecular weight is 958 g/mol. The van der Waals surface area contributed by atoms with Gasteiger partial charge in [-0.2, -0.15) is 27.1 Å². The summed E-state index contributed by atoms with van der Waals surface area (Å²) in [5.41, 5.74) is -3.19. The molecule has 2 heterocycles. The number of non-ortho nitro benzene ring substituents is 2. The number of benzene rings is 4. The number of azo groups is 2. The fraction of sp³-hybridized carbons (Fsp3) is 0.0625. The maximum Gasteiger partial charge on any atom is 1.00 e. The van der Waals surface area contributed by atoms with Gasteiger partial charge in [0.2, 0.25) is 0 Å². The van der Waals surface area contributed by atoms with Crippen LogP contribution in [0.2, 0.25) is 0 Å². The molecule has 0 amide bonds. The SMILES string of the molecule is Cc1nn(-c2ccccc2)c(=O)[c-]1N=Nc1cc([N+](=O)[O-])cc(S(=O)(=O)O)c1O.Cc1nn(-c2ccccc2)c(=O)[c-]1N=Nc1cc([N+](=O)[O-])cc(S(=O)(=O)O)c1O.[Cr].[Na+].[Na+].[Na+]. The minimum atomic E-state index is -4.98. The van der Waals surface area contributed by atoms with Crippen LogP contribution in [0.5, 0.6) is 11.5 Å². The van der Waals surface area contributed by atoms with E-state index in [1.165, 1.54) is 13.8 Å². The molecule has 24 nitrogen and oxygen atoms in total. The summed E-state index contributed by atoms with van der Waals surface area (Å²) in [6, 6.07) is 19.3. The van der Waals surface area contributed by atoms with Gasteiger partial charge in [0.1, 0.15) is 32.3 Å². The predicted molar refractivity (Wildman–Crippen MR) is 198 cm³/mol. The molecule has 62 heavy (non-hydrogen) atoms. The van der Waals surface area contributed by atoms with Crippen LogP contribution in [0.3, 0.4) is 0 Å². The number of phenolic OH excluding ortho intramolecular Hbond substituents is 2. The van der Waals surface area contributed by atoms with Gasteiger partial charge in [0.05, 0.1) is 21.2 Å². The summed E-state index contributed by atoms with van der Waals surface area (Å²) in [6.07, 6.45) is 0. The number of hydrogen-bond acceptors (Lipinski definition) is 18. The van der Waals surface area contributed by atoms with Gasteiger partial charge in [-0.15, -0.1) is 11.4 Å². The van der Waals surface area contributed by atoms with E-state index in [1.54, 1.807) is 60.7 Å². The van der Waals surface area contributed by atoms with Crippen molar-refractivity contribution in [1.29, 1.82) is 0 Å². The topological polar surface area (TPSA) is 355 Å². The largest absolute Gasteiger partial charge is 1.00 e. The molecule has 0 aliphatic rings. The van der Waals surface area contributed by atoms with Gasteiger partial charge in [-0.05, 0) is 24.3 Å². The average Bonchev–Trinajstić information content (AvgIpc) is 3.61. The van der Waals surface area contributed by atoms with Crippen LogP contribution in [0, 0.1) is 34.1 Å². The van der Waals surface area contributed by atoms with E-state index >= 15 is 0 Å². The second-order valence-corrected chi connectivity index (χ2v) is 14.2. The molecule has 306 valence electrons. The second-order valence-electron chi connectivity index (χ2n) is 11.5. The molecule has 0 saturated carbocycles. The smallest absolute Gasteiger partial charge is 0.504 e. The first-order chi connectivity index (χ1) is 27.2. The van der Waals surface area contributed by atoms with Gasteiger partial charge in [0.15, 0.2) is 11.5 Å². The third kappa shape index (κ3) is 13.0. The quantitative estimate of drug-likeness (QED) is 0.0254. The van der Waals surface area contributed by atoms with Crippen LogP contribution in [0.1, 0.15) is 11.4 Å². The Bertz CT molecular complexity index is 2810. The van der Waals surface area contributed by atoms with E-state index in [0.29, 0.717) is 23.5 Å². The van der Waals surface area contributed by atoms with Crippen molar-refractivity contribution in [3.05, 3.63) is 137 Å². The Labute approximate surface area is 425 Å². The number of aromatic hydroxyl groups is 2. The summed E-state index contributed by atoms with van der Waals surface area (Å²) >= 11 is 0. The Hall–Kier alpha value is -4.15. The summed E-state index contributed by atoms with van der Waals surface area (Å²) < 4.78 is 65.9. The van der Waals surface area contributed by atoms with Gasteiger partial charge < -0.3 is 30.0 Å². The molecule has 0 saturated heterocycles. The fourth-order valence-electron chi connectivity index (χ4n) is 4.84. The third-order valence-electron chi connectivity index (χ3n) is 7.55. The first kappa shape index (κ1) is 55.9. The van der Waals surface area contributed by atoms with Gasteiger partial charge in [-0.3, -0.25) is 29.3 Å². The van der Waals surface area contributed by atoms with E-state index in [2.05, 4.69) is 30.7 Å². The Morgan fingerprint density at radius 1 is 0.613 bits per heavy atom. The first-order valence-electron chi connectivity index (χ1n) is 15.6. The van der Waals surface area contributed by atoms with E-state index in [-0.39, 0.29) is 129 Å². The molecule has 6 aromatic rings. The maximum absolute atomic E-state index is 12.5. The summed E-state index contributed by atoms with van der Waals surface area (Å²) in [6.45, 7) is 2.96. The number of nitrogens with zero attached hydrogens (tertiary/aromatic N) is 10. The van der Waals surface area contributed by atoms with Crippen LogP contribution in [0.15, 0.2) is 125 Å². The third-order valence-corrected chi connectivity index (χ3v) is 9.28. The van der Waals surface area contributed by atoms with Gasteiger partial charge in [-0.25, -0.2) is 19.6 Å². The molecular formula is C32H24CrN10Na3O14S2+. The van der Waals surface area contributed by atoms with Crippen molar-refractivity contribution in [2.75, 3.05) is 0 Å². The van der Waals surface area contributed by atoms with Crippen molar-refractivity contribution in [2.45, 2.75) is 23.6 Å². The van der Waals surface area contributed by atoms with Gasteiger partial charge in [0.25, 0.3) is 31.6 Å². The van der Waals surface area contributed by atoms with Crippen LogP contribution in [0.25, 0.3) is 11.4 Å². The second kappa shape index (κ2) is 23.0. The van der Waals surface area contributed by atoms with Crippen molar-refractivity contribution in [3.63, 3.8) is 0 Å². The molecule has 0 fully saturated rings. The normalized spacial score (nSPS) is 11.0. The Balaban J connectivity index is 0.000000582. The number of nitro benzene ring substituents is 2. The van der Waals surface area contributed by atoms with Crippen LogP contribution < -0.4 is 99.8 Å². The van der Waals surface area contributed by atoms with Crippen LogP contribution in [0.4, 0.5) is 34.1 Å². The summed E-state index contributed by atoms with van der Waals surface area (Å²) in [5.74, 6) is -2.11. The molecule has 0 aliphatic carbocycles. The Morgan fingerprint density at radius 2 is 0.919 bits per heavy atom. The zero-order valence-electron chi connectivity index (χ0n) is 32.7. The fourth-order valence-corrected chi connectivity index (χ4v) is 6.07. The molecule has 0 aliphatic heterocycles. The Morgan fingerprint density at radius 3 is 1.19 bits per heavy atom. The van der Waals surface area contributed by atoms with Gasteiger partial charge in [0, 0.05) is 41.6 Å². The number of phenols is 2. The van der Waals surface area contributed by atoms with E-state index < -0.39 is 85.2 Å². The maximum atomic E-state index is 12.5. The summed E-state index contributed by atoms with van der Waals surface area (Å²) in [4.78, 5) is 43.0.